The van der Waals surface area contributed by atoms with Gasteiger partial charge in [-0.3, -0.25) is 13.4 Å². The predicted molar refractivity (Wildman–Crippen MR) is 92.4 cm³/mol. The molecule has 1 fully saturated rings. The maximum Gasteiger partial charge on any atom is 3.00 e. The largest absolute Gasteiger partial charge is 3.00 e. The molecule has 0 aromatic carbocycles. The average Bonchev–Trinajstić information content (AvgIpc) is 3.07. The normalized spacial score (nSPS) is 24.0. The van der Waals surface area contributed by atoms with E-state index in [0.29, 0.717) is 0 Å². The number of fused-ring (bicyclic) bond motifs is 1. The van der Waals surface area contributed by atoms with E-state index >= 15 is 0 Å². The second-order valence-electron chi connectivity index (χ2n) is 5.40. The zero-order valence-electron chi connectivity index (χ0n) is 15.5. The van der Waals surface area contributed by atoms with Gasteiger partial charge in [-0.25, -0.2) is 15.0 Å². The summed E-state index contributed by atoms with van der Waals surface area (Å²) in [6, 6.07) is 0. The molecule has 2 aromatic heterocycles. The number of aliphatic hydroxyl groups excluding tert-OH is 2. The Labute approximate surface area is 189 Å². The van der Waals surface area contributed by atoms with Gasteiger partial charge in [0.05, 0.1) is 20.8 Å². The Morgan fingerprint density at radius 1 is 1.09 bits per heavy atom. The quantitative estimate of drug-likeness (QED) is 0.282. The fourth-order valence-corrected chi connectivity index (χ4v) is 3.96. The molecule has 19 nitrogen and oxygen atoms in total. The predicted octanol–water partition coefficient (Wildman–Crippen LogP) is -6.94. The van der Waals surface area contributed by atoms with Gasteiger partial charge in [0.1, 0.15) is 30.2 Å². The topological polar surface area (TPSA) is 367 Å². The number of phosphoric acid groups is 2. The third-order valence-corrected chi connectivity index (χ3v) is 5.66. The Morgan fingerprint density at radius 3 is 2.25 bits per heavy atom. The van der Waals surface area contributed by atoms with Crippen LogP contribution in [0.1, 0.15) is 6.23 Å². The van der Waals surface area contributed by atoms with E-state index in [1.54, 1.807) is 0 Å². The molecule has 3 heterocycles. The van der Waals surface area contributed by atoms with Crippen molar-refractivity contribution in [3.05, 3.63) is 12.7 Å². The molecule has 0 amide bonds. The van der Waals surface area contributed by atoms with Crippen LogP contribution in [0.5, 0.6) is 0 Å². The summed E-state index contributed by atoms with van der Waals surface area (Å²) in [5, 5.41) is 20.2. The van der Waals surface area contributed by atoms with Crippen molar-refractivity contribution in [3.63, 3.8) is 0 Å². The van der Waals surface area contributed by atoms with Gasteiger partial charge < -0.3 is 66.4 Å². The average molecular weight is 548 g/mol. The monoisotopic (exact) mass is 548 g/mol. The molecule has 22 heteroatoms. The summed E-state index contributed by atoms with van der Waals surface area (Å²) in [4.78, 5) is 43.7. The molecule has 12 N–H and O–H groups in total. The first kappa shape index (κ1) is 35.5. The fourth-order valence-electron chi connectivity index (χ4n) is 2.46. The van der Waals surface area contributed by atoms with Crippen LogP contribution >= 0.6 is 15.6 Å². The number of anilines is 1. The van der Waals surface area contributed by atoms with Gasteiger partial charge in [-0.1, -0.05) is 0 Å². The number of ether oxygens (including phenoxy) is 1. The molecule has 185 valence electrons. The zero-order valence-corrected chi connectivity index (χ0v) is 18.6. The van der Waals surface area contributed by atoms with E-state index in [4.69, 9.17) is 10.5 Å². The number of aliphatic hydroxyl groups is 2. The molecule has 1 aliphatic heterocycles. The maximum absolute atomic E-state index is 11.3. The smallest absolute Gasteiger partial charge is 0.790 e. The van der Waals surface area contributed by atoms with Gasteiger partial charge in [-0.2, -0.15) is 0 Å². The maximum atomic E-state index is 11.3. The van der Waals surface area contributed by atoms with Crippen LogP contribution in [0.4, 0.5) is 5.82 Å². The van der Waals surface area contributed by atoms with E-state index in [0.717, 1.165) is 6.33 Å². The van der Waals surface area contributed by atoms with Crippen LogP contribution in [0.2, 0.25) is 0 Å². The molecule has 0 saturated carbocycles. The van der Waals surface area contributed by atoms with E-state index in [9.17, 15) is 34.0 Å². The Bertz CT molecular complexity index is 944. The Kier molecular flexibility index (Phi) is 14.3. The summed E-state index contributed by atoms with van der Waals surface area (Å²) in [5.74, 6) is 0.0655. The SMILES string of the molecule is Nc1ncnc2c1ncn2C1OC(COP(=O)([O-])OP(=O)([O-])[O-])C(O)C1O.O.O.O.O.[Cr+3]. The van der Waals surface area contributed by atoms with E-state index in [-0.39, 0.29) is 56.2 Å². The number of nitrogen functional groups attached to an aromatic ring is 1. The van der Waals surface area contributed by atoms with Crippen LogP contribution in [0.25, 0.3) is 11.2 Å². The van der Waals surface area contributed by atoms with Gasteiger partial charge in [0.25, 0.3) is 7.82 Å². The second-order valence-corrected chi connectivity index (χ2v) is 8.10. The van der Waals surface area contributed by atoms with E-state index in [1.807, 2.05) is 0 Å². The van der Waals surface area contributed by atoms with Crippen LogP contribution in [0.3, 0.4) is 0 Å². The van der Waals surface area contributed by atoms with Crippen molar-refractivity contribution < 1.29 is 86.9 Å². The van der Waals surface area contributed by atoms with Gasteiger partial charge in [-0.15, -0.1) is 0 Å². The zero-order chi connectivity index (χ0) is 20.0. The molecule has 0 spiro atoms. The Balaban J connectivity index is -0.00000168. The summed E-state index contributed by atoms with van der Waals surface area (Å²) in [6.45, 7) is -0.931. The summed E-state index contributed by atoms with van der Waals surface area (Å²) < 4.78 is 35.7. The number of hydrogen-bond acceptors (Lipinski definition) is 14. The number of nitrogens with zero attached hydrogens (tertiary/aromatic N) is 4. The van der Waals surface area contributed by atoms with Crippen molar-refractivity contribution in [1.29, 1.82) is 0 Å². The number of imidazole rings is 1. The molecule has 1 saturated heterocycles. The summed E-state index contributed by atoms with van der Waals surface area (Å²) >= 11 is 0. The minimum absolute atomic E-state index is 0. The van der Waals surface area contributed by atoms with Crippen LogP contribution < -0.4 is 20.4 Å². The number of hydrogen-bond donors (Lipinski definition) is 3. The molecule has 0 aliphatic carbocycles. The van der Waals surface area contributed by atoms with Crippen molar-refractivity contribution in [3.8, 4) is 0 Å². The third kappa shape index (κ3) is 7.72. The van der Waals surface area contributed by atoms with Crippen LogP contribution in [-0.4, -0.2) is 76.6 Å². The van der Waals surface area contributed by atoms with Crippen molar-refractivity contribution in [2.45, 2.75) is 24.5 Å². The molecular weight excluding hydrogens is 528 g/mol. The number of phosphoric ester groups is 1. The van der Waals surface area contributed by atoms with Crippen molar-refractivity contribution in [2.24, 2.45) is 0 Å². The van der Waals surface area contributed by atoms with Gasteiger partial charge >= 0.3 is 17.4 Å². The Morgan fingerprint density at radius 2 is 1.69 bits per heavy atom. The Hall–Kier alpha value is -1.14. The first-order valence-electron chi connectivity index (χ1n) is 7.12. The van der Waals surface area contributed by atoms with Crippen molar-refractivity contribution >= 4 is 32.6 Å². The van der Waals surface area contributed by atoms with Crippen LogP contribution in [0, 0.1) is 0 Å². The second kappa shape index (κ2) is 12.9. The molecule has 5 unspecified atom stereocenters. The first-order chi connectivity index (χ1) is 12.5. The van der Waals surface area contributed by atoms with Gasteiger partial charge in [-0.05, 0) is 0 Å². The number of rotatable bonds is 6. The van der Waals surface area contributed by atoms with Crippen LogP contribution in [0.15, 0.2) is 12.7 Å². The van der Waals surface area contributed by atoms with Crippen LogP contribution in [-0.2, 0) is 40.1 Å². The molecular formula is C10H20CrN5O14P2. The van der Waals surface area contributed by atoms with Gasteiger partial charge in [0.15, 0.2) is 17.7 Å². The summed E-state index contributed by atoms with van der Waals surface area (Å²) in [6.07, 6.45) is -3.48. The molecule has 32 heavy (non-hydrogen) atoms. The van der Waals surface area contributed by atoms with Crippen molar-refractivity contribution in [2.75, 3.05) is 12.3 Å². The third-order valence-electron chi connectivity index (χ3n) is 3.60. The van der Waals surface area contributed by atoms with E-state index < -0.39 is 46.8 Å². The van der Waals surface area contributed by atoms with E-state index in [2.05, 4.69) is 23.8 Å². The minimum Gasteiger partial charge on any atom is -0.790 e. The number of aromatic nitrogens is 4. The summed E-state index contributed by atoms with van der Waals surface area (Å²) in [7, 11) is -11.4. The molecule has 1 aliphatic rings. The summed E-state index contributed by atoms with van der Waals surface area (Å²) in [5.41, 5.74) is 6.04. The van der Waals surface area contributed by atoms with E-state index in [1.165, 1.54) is 10.9 Å². The van der Waals surface area contributed by atoms with Gasteiger partial charge in [0.2, 0.25) is 0 Å². The molecule has 5 atom stereocenters. The number of nitrogens with two attached hydrogens (primary N) is 1. The standard InChI is InChI=1S/C10H15N5O10P2.Cr.4H2O/c11-8-5-9(13-2-12-8)15(3-14-5)10-7(17)6(16)4(24-10)1-23-27(21,22)25-26(18,19)20;;;;;/h2-4,6-7,10,16-17H,1H2,(H,21,22)(H2,11,12,13)(H2,18,19,20);;4*1H2/q;+3;;;;/p-3. The molecule has 3 rings (SSSR count). The molecule has 0 bridgehead atoms. The van der Waals surface area contributed by atoms with Crippen molar-refractivity contribution in [1.82, 2.24) is 19.5 Å². The molecule has 2 aromatic rings. The van der Waals surface area contributed by atoms with Gasteiger partial charge in [0, 0.05) is 0 Å². The minimum atomic E-state index is -5.85. The molecule has 1 radical (unpaired) electrons. The first-order valence-corrected chi connectivity index (χ1v) is 10.0. The fraction of sp³-hybridized carbons (Fsp3) is 0.500.